The van der Waals surface area contributed by atoms with Gasteiger partial charge in [0.1, 0.15) is 0 Å². The number of hydrogen-bond acceptors (Lipinski definition) is 4. The van der Waals surface area contributed by atoms with Crippen LogP contribution in [0.15, 0.2) is 0 Å². The molecule has 1 heterocycles. The van der Waals surface area contributed by atoms with E-state index in [0.717, 1.165) is 10.6 Å². The van der Waals surface area contributed by atoms with E-state index in [9.17, 15) is 9.59 Å². The molecule has 0 aliphatic heterocycles. The summed E-state index contributed by atoms with van der Waals surface area (Å²) < 4.78 is 0. The molecule has 0 radical (unpaired) electrons. The lowest BCUT2D eigenvalue weighted by molar-refractivity contribution is -0.134. The number of carbonyl (C=O) groups is 2. The van der Waals surface area contributed by atoms with Gasteiger partial charge in [0.25, 0.3) is 0 Å². The Bertz CT molecular complexity index is 489. The SMILES string of the molecule is CCC(=O)N(CC(=O)Nc1nc(C)c(C)s1)CC1CC1. The quantitative estimate of drug-likeness (QED) is 0.876. The van der Waals surface area contributed by atoms with Crippen LogP contribution in [-0.4, -0.2) is 34.8 Å². The number of thiazole rings is 1. The maximum atomic E-state index is 12.0. The third-order valence-corrected chi connectivity index (χ3v) is 4.43. The molecule has 1 aromatic heterocycles. The van der Waals surface area contributed by atoms with E-state index in [4.69, 9.17) is 0 Å². The summed E-state index contributed by atoms with van der Waals surface area (Å²) in [5, 5.41) is 3.39. The molecule has 0 unspecified atom stereocenters. The number of hydrogen-bond donors (Lipinski definition) is 1. The third-order valence-electron chi connectivity index (χ3n) is 3.44. The fourth-order valence-electron chi connectivity index (χ4n) is 1.95. The second kappa shape index (κ2) is 6.35. The van der Waals surface area contributed by atoms with E-state index in [2.05, 4.69) is 10.3 Å². The minimum atomic E-state index is -0.166. The van der Waals surface area contributed by atoms with Gasteiger partial charge in [0, 0.05) is 17.8 Å². The highest BCUT2D eigenvalue weighted by atomic mass is 32.1. The van der Waals surface area contributed by atoms with Gasteiger partial charge >= 0.3 is 0 Å². The van der Waals surface area contributed by atoms with Crippen LogP contribution >= 0.6 is 11.3 Å². The van der Waals surface area contributed by atoms with Gasteiger partial charge in [0.2, 0.25) is 11.8 Å². The van der Waals surface area contributed by atoms with Crippen LogP contribution in [0.4, 0.5) is 5.13 Å². The third kappa shape index (κ3) is 4.03. The average molecular weight is 295 g/mol. The number of carbonyl (C=O) groups excluding carboxylic acids is 2. The summed E-state index contributed by atoms with van der Waals surface area (Å²) in [4.78, 5) is 30.9. The van der Waals surface area contributed by atoms with Crippen molar-refractivity contribution < 1.29 is 9.59 Å². The predicted octanol–water partition coefficient (Wildman–Crippen LogP) is 2.35. The first-order valence-corrected chi connectivity index (χ1v) is 7.83. The molecule has 1 saturated carbocycles. The largest absolute Gasteiger partial charge is 0.333 e. The van der Waals surface area contributed by atoms with Crippen LogP contribution in [-0.2, 0) is 9.59 Å². The monoisotopic (exact) mass is 295 g/mol. The Hall–Kier alpha value is -1.43. The Labute approximate surface area is 123 Å². The molecule has 5 nitrogen and oxygen atoms in total. The van der Waals surface area contributed by atoms with Crippen molar-refractivity contribution in [2.24, 2.45) is 5.92 Å². The van der Waals surface area contributed by atoms with Crippen LogP contribution in [0.5, 0.6) is 0 Å². The summed E-state index contributed by atoms with van der Waals surface area (Å²) in [5.74, 6) is 0.461. The Kier molecular flexibility index (Phi) is 4.75. The average Bonchev–Trinajstić information content (AvgIpc) is 3.15. The van der Waals surface area contributed by atoms with Gasteiger partial charge in [-0.3, -0.25) is 9.59 Å². The summed E-state index contributed by atoms with van der Waals surface area (Å²) >= 11 is 1.46. The lowest BCUT2D eigenvalue weighted by Gasteiger charge is -2.21. The Morgan fingerprint density at radius 3 is 2.60 bits per heavy atom. The number of aryl methyl sites for hydroxylation is 2. The van der Waals surface area contributed by atoms with Crippen molar-refractivity contribution in [2.75, 3.05) is 18.4 Å². The Morgan fingerprint density at radius 2 is 2.10 bits per heavy atom. The molecule has 0 saturated heterocycles. The summed E-state index contributed by atoms with van der Waals surface area (Å²) in [6.45, 7) is 6.55. The minimum absolute atomic E-state index is 0.0403. The molecule has 1 aliphatic carbocycles. The van der Waals surface area contributed by atoms with Crippen molar-refractivity contribution in [1.29, 1.82) is 0 Å². The molecule has 1 aromatic rings. The van der Waals surface area contributed by atoms with E-state index in [0.29, 0.717) is 24.0 Å². The fraction of sp³-hybridized carbons (Fsp3) is 0.643. The summed E-state index contributed by atoms with van der Waals surface area (Å²) in [6, 6.07) is 0. The lowest BCUT2D eigenvalue weighted by atomic mass is 10.3. The molecule has 2 amide bonds. The van der Waals surface area contributed by atoms with Crippen molar-refractivity contribution >= 4 is 28.3 Å². The standard InChI is InChI=1S/C14H21N3O2S/c1-4-13(19)17(7-11-5-6-11)8-12(18)16-14-15-9(2)10(3)20-14/h11H,4-8H2,1-3H3,(H,15,16,18). The van der Waals surface area contributed by atoms with Crippen LogP contribution in [0.2, 0.25) is 0 Å². The van der Waals surface area contributed by atoms with Gasteiger partial charge in [0.05, 0.1) is 12.2 Å². The number of amides is 2. The van der Waals surface area contributed by atoms with Gasteiger partial charge in [0.15, 0.2) is 5.13 Å². The van der Waals surface area contributed by atoms with Gasteiger partial charge < -0.3 is 10.2 Å². The minimum Gasteiger partial charge on any atom is -0.333 e. The van der Waals surface area contributed by atoms with E-state index in [1.807, 2.05) is 20.8 Å². The number of anilines is 1. The predicted molar refractivity (Wildman–Crippen MR) is 79.8 cm³/mol. The fourth-order valence-corrected chi connectivity index (χ4v) is 2.78. The summed E-state index contributed by atoms with van der Waals surface area (Å²) in [5.41, 5.74) is 0.935. The molecule has 20 heavy (non-hydrogen) atoms. The van der Waals surface area contributed by atoms with Crippen LogP contribution < -0.4 is 5.32 Å². The molecule has 1 fully saturated rings. The Morgan fingerprint density at radius 1 is 1.40 bits per heavy atom. The van der Waals surface area contributed by atoms with Crippen molar-refractivity contribution in [2.45, 2.75) is 40.0 Å². The maximum Gasteiger partial charge on any atom is 0.245 e. The van der Waals surface area contributed by atoms with E-state index < -0.39 is 0 Å². The number of nitrogens with one attached hydrogen (secondary N) is 1. The van der Waals surface area contributed by atoms with Crippen molar-refractivity contribution in [3.05, 3.63) is 10.6 Å². The molecule has 0 spiro atoms. The second-order valence-corrected chi connectivity index (χ2v) is 6.48. The summed E-state index contributed by atoms with van der Waals surface area (Å²) in [6.07, 6.45) is 2.77. The molecular formula is C14H21N3O2S. The molecule has 1 N–H and O–H groups in total. The highest BCUT2D eigenvalue weighted by molar-refractivity contribution is 7.15. The van der Waals surface area contributed by atoms with Gasteiger partial charge in [-0.1, -0.05) is 6.92 Å². The highest BCUT2D eigenvalue weighted by Gasteiger charge is 2.27. The lowest BCUT2D eigenvalue weighted by Crippen LogP contribution is -2.38. The number of nitrogens with zero attached hydrogens (tertiary/aromatic N) is 2. The van der Waals surface area contributed by atoms with Gasteiger partial charge in [-0.05, 0) is 32.6 Å². The van der Waals surface area contributed by atoms with E-state index in [1.54, 1.807) is 4.90 Å². The zero-order valence-corrected chi connectivity index (χ0v) is 13.0. The maximum absolute atomic E-state index is 12.0. The molecule has 110 valence electrons. The van der Waals surface area contributed by atoms with Crippen molar-refractivity contribution in [1.82, 2.24) is 9.88 Å². The first-order valence-electron chi connectivity index (χ1n) is 7.01. The van der Waals surface area contributed by atoms with Crippen molar-refractivity contribution in [3.8, 4) is 0 Å². The van der Waals surface area contributed by atoms with Gasteiger partial charge in [-0.15, -0.1) is 11.3 Å². The van der Waals surface area contributed by atoms with Gasteiger partial charge in [-0.2, -0.15) is 0 Å². The van der Waals surface area contributed by atoms with Crippen molar-refractivity contribution in [3.63, 3.8) is 0 Å². The van der Waals surface area contributed by atoms with Crippen LogP contribution in [0.3, 0.4) is 0 Å². The van der Waals surface area contributed by atoms with Crippen LogP contribution in [0.25, 0.3) is 0 Å². The topological polar surface area (TPSA) is 62.3 Å². The molecule has 6 heteroatoms. The Balaban J connectivity index is 1.91. The second-order valence-electron chi connectivity index (χ2n) is 5.28. The van der Waals surface area contributed by atoms with E-state index in [1.165, 1.54) is 24.2 Å². The van der Waals surface area contributed by atoms with E-state index >= 15 is 0 Å². The van der Waals surface area contributed by atoms with E-state index in [-0.39, 0.29) is 18.4 Å². The summed E-state index contributed by atoms with van der Waals surface area (Å²) in [7, 11) is 0. The zero-order valence-electron chi connectivity index (χ0n) is 12.2. The molecule has 0 bridgehead atoms. The first kappa shape index (κ1) is 15.0. The number of rotatable bonds is 6. The molecule has 0 atom stereocenters. The number of aromatic nitrogens is 1. The van der Waals surface area contributed by atoms with Crippen LogP contribution in [0, 0.1) is 19.8 Å². The first-order chi connectivity index (χ1) is 9.49. The molecule has 0 aromatic carbocycles. The van der Waals surface area contributed by atoms with Gasteiger partial charge in [-0.25, -0.2) is 4.98 Å². The normalized spacial score (nSPS) is 14.2. The molecule has 2 rings (SSSR count). The smallest absolute Gasteiger partial charge is 0.245 e. The molecular weight excluding hydrogens is 274 g/mol. The van der Waals surface area contributed by atoms with Crippen LogP contribution in [0.1, 0.15) is 36.8 Å². The zero-order chi connectivity index (χ0) is 14.7. The molecule has 1 aliphatic rings. The highest BCUT2D eigenvalue weighted by Crippen LogP contribution is 2.30.